The van der Waals surface area contributed by atoms with E-state index in [-0.39, 0.29) is 29.4 Å². The van der Waals surface area contributed by atoms with Crippen LogP contribution in [-0.4, -0.2) is 53.6 Å². The van der Waals surface area contributed by atoms with Crippen molar-refractivity contribution in [1.82, 2.24) is 10.2 Å². The van der Waals surface area contributed by atoms with Crippen LogP contribution in [0.5, 0.6) is 0 Å². The second-order valence-electron chi connectivity index (χ2n) is 12.1. The van der Waals surface area contributed by atoms with Gasteiger partial charge in [-0.05, 0) is 93.6 Å². The fraction of sp³-hybridized carbons (Fsp3) is 0.679. The van der Waals surface area contributed by atoms with Crippen molar-refractivity contribution in [2.45, 2.75) is 87.6 Å². The highest BCUT2D eigenvalue weighted by atomic mass is 16.6. The fourth-order valence-corrected chi connectivity index (χ4v) is 8.48. The molecular weight excluding hydrogens is 440 g/mol. The number of ether oxygens (including phenoxy) is 1. The first-order valence-electron chi connectivity index (χ1n) is 13.3. The fourth-order valence-electron chi connectivity index (χ4n) is 8.48. The number of nitriles is 1. The van der Waals surface area contributed by atoms with Gasteiger partial charge in [-0.15, -0.1) is 0 Å². The van der Waals surface area contributed by atoms with Crippen molar-refractivity contribution >= 4 is 11.9 Å². The lowest BCUT2D eigenvalue weighted by molar-refractivity contribution is -0.207. The Bertz CT molecular complexity index is 1040. The average molecular weight is 477 g/mol. The number of nitrogens with zero attached hydrogens (tertiary/aromatic N) is 2. The molecule has 0 aromatic heterocycles. The number of amides is 1. The molecule has 0 spiro atoms. The second-order valence-corrected chi connectivity index (χ2v) is 12.1. The van der Waals surface area contributed by atoms with E-state index in [2.05, 4.69) is 11.4 Å². The third-order valence-electron chi connectivity index (χ3n) is 9.72. The molecule has 35 heavy (non-hydrogen) atoms. The zero-order valence-corrected chi connectivity index (χ0v) is 20.5. The predicted octanol–water partition coefficient (Wildman–Crippen LogP) is 2.54. The molecular formula is C28H36N4O3. The Balaban J connectivity index is 1.21. The van der Waals surface area contributed by atoms with Gasteiger partial charge in [0.1, 0.15) is 17.7 Å². The molecule has 1 aromatic carbocycles. The molecule has 7 nitrogen and oxygen atoms in total. The number of fused-ring (bicyclic) bond motifs is 1. The number of nitrogens with two attached hydrogens (primary N) is 1. The molecule has 9 atom stereocenters. The van der Waals surface area contributed by atoms with E-state index < -0.39 is 17.7 Å². The zero-order valence-electron chi connectivity index (χ0n) is 20.5. The largest absolute Gasteiger partial charge is 0.458 e. The third kappa shape index (κ3) is 3.86. The summed E-state index contributed by atoms with van der Waals surface area (Å²) >= 11 is 0. The van der Waals surface area contributed by atoms with Crippen LogP contribution < -0.4 is 11.1 Å². The molecule has 7 heteroatoms. The number of benzene rings is 1. The number of likely N-dealkylation sites (N-methyl/N-ethyl adjacent to an activating group) is 1. The highest BCUT2D eigenvalue weighted by Crippen LogP contribution is 2.64. The summed E-state index contributed by atoms with van der Waals surface area (Å²) in [6.45, 7) is 0. The van der Waals surface area contributed by atoms with E-state index in [0.717, 1.165) is 50.5 Å². The van der Waals surface area contributed by atoms with Gasteiger partial charge in [0.15, 0.2) is 0 Å². The van der Waals surface area contributed by atoms with Gasteiger partial charge in [-0.1, -0.05) is 30.3 Å². The summed E-state index contributed by atoms with van der Waals surface area (Å²) in [5.74, 6) is 1.08. The Labute approximate surface area is 207 Å². The molecule has 5 saturated carbocycles. The van der Waals surface area contributed by atoms with Crippen LogP contribution in [0.3, 0.4) is 0 Å². The van der Waals surface area contributed by atoms with E-state index in [9.17, 15) is 14.9 Å². The SMILES string of the molecule is CN[C@@H](Cc1ccccc1)C(=O)OC12CC3C[C@H](C1)CC([C@H](N)C(=O)N1C4CC4C[C@H]1C#N)(C3)C2. The quantitative estimate of drug-likeness (QED) is 0.586. The molecule has 6 aliphatic rings. The first-order chi connectivity index (χ1) is 16.9. The lowest BCUT2D eigenvalue weighted by Gasteiger charge is -2.62. The van der Waals surface area contributed by atoms with Gasteiger partial charge in [-0.3, -0.25) is 9.59 Å². The molecule has 1 amide bonds. The van der Waals surface area contributed by atoms with E-state index in [1.807, 2.05) is 35.2 Å². The van der Waals surface area contributed by atoms with Gasteiger partial charge in [0.2, 0.25) is 5.91 Å². The Kier molecular flexibility index (Phi) is 5.46. The topological polar surface area (TPSA) is 108 Å². The smallest absolute Gasteiger partial charge is 0.324 e. The normalized spacial score (nSPS) is 40.0. The lowest BCUT2D eigenvalue weighted by atomic mass is 9.46. The minimum Gasteiger partial charge on any atom is -0.458 e. The van der Waals surface area contributed by atoms with E-state index in [1.54, 1.807) is 7.05 Å². The number of carbonyl (C=O) groups is 2. The van der Waals surface area contributed by atoms with Gasteiger partial charge in [0.05, 0.1) is 12.1 Å². The van der Waals surface area contributed by atoms with Crippen molar-refractivity contribution in [2.75, 3.05) is 7.05 Å². The number of esters is 1. The van der Waals surface area contributed by atoms with E-state index in [4.69, 9.17) is 10.5 Å². The van der Waals surface area contributed by atoms with Crippen LogP contribution in [0.1, 0.15) is 56.9 Å². The summed E-state index contributed by atoms with van der Waals surface area (Å²) in [6.07, 6.45) is 7.75. The van der Waals surface area contributed by atoms with Gasteiger partial charge in [-0.2, -0.15) is 5.26 Å². The van der Waals surface area contributed by atoms with Crippen LogP contribution in [-0.2, 0) is 20.7 Å². The number of nitrogens with one attached hydrogen (secondary N) is 1. The molecule has 3 N–H and O–H groups in total. The summed E-state index contributed by atoms with van der Waals surface area (Å²) in [6, 6.07) is 11.1. The number of piperidine rings is 1. The first-order valence-corrected chi connectivity index (χ1v) is 13.3. The molecule has 1 aromatic rings. The highest BCUT2D eigenvalue weighted by molar-refractivity contribution is 5.84. The molecule has 7 rings (SSSR count). The van der Waals surface area contributed by atoms with Gasteiger partial charge >= 0.3 is 5.97 Å². The van der Waals surface area contributed by atoms with Gasteiger partial charge in [0, 0.05) is 6.04 Å². The maximum Gasteiger partial charge on any atom is 0.324 e. The summed E-state index contributed by atoms with van der Waals surface area (Å²) in [5, 5.41) is 12.8. The molecule has 6 fully saturated rings. The third-order valence-corrected chi connectivity index (χ3v) is 9.72. The van der Waals surface area contributed by atoms with Gasteiger partial charge in [0.25, 0.3) is 0 Å². The summed E-state index contributed by atoms with van der Waals surface area (Å²) < 4.78 is 6.39. The highest BCUT2D eigenvalue weighted by Gasteiger charge is 2.64. The summed E-state index contributed by atoms with van der Waals surface area (Å²) in [7, 11) is 1.80. The van der Waals surface area contributed by atoms with E-state index in [0.29, 0.717) is 30.6 Å². The predicted molar refractivity (Wildman–Crippen MR) is 130 cm³/mol. The number of carbonyl (C=O) groups excluding carboxylic acids is 2. The number of hydrogen-bond acceptors (Lipinski definition) is 6. The Morgan fingerprint density at radius 2 is 1.89 bits per heavy atom. The standard InChI is InChI=1S/C28H36N4O3/c1-31-22(8-17-5-3-2-4-6-17)26(34)35-28-13-18-7-19(14-28)12-27(11-18,16-28)24(30)25(33)32-21(15-29)9-20-10-23(20)32/h2-6,18-24,31H,7-14,16,30H2,1H3/t18-,19?,20?,21-,22-,23?,24+,27?,28?/m0/s1. The van der Waals surface area contributed by atoms with Crippen LogP contribution in [0, 0.1) is 34.5 Å². The minimum atomic E-state index is -0.633. The molecule has 186 valence electrons. The van der Waals surface area contributed by atoms with Crippen molar-refractivity contribution in [3.8, 4) is 6.07 Å². The minimum absolute atomic E-state index is 0.0536. The van der Waals surface area contributed by atoms with Crippen LogP contribution in [0.2, 0.25) is 0 Å². The maximum absolute atomic E-state index is 13.7. The zero-order chi connectivity index (χ0) is 24.4. The summed E-state index contributed by atoms with van der Waals surface area (Å²) in [4.78, 5) is 28.9. The molecule has 1 saturated heterocycles. The summed E-state index contributed by atoms with van der Waals surface area (Å²) in [5.41, 5.74) is 7.03. The Morgan fingerprint density at radius 1 is 1.17 bits per heavy atom. The maximum atomic E-state index is 13.7. The second kappa shape index (κ2) is 8.31. The van der Waals surface area contributed by atoms with Crippen LogP contribution >= 0.6 is 0 Å². The Hall–Kier alpha value is -2.43. The van der Waals surface area contributed by atoms with Crippen LogP contribution in [0.25, 0.3) is 0 Å². The van der Waals surface area contributed by atoms with Crippen LogP contribution in [0.4, 0.5) is 0 Å². The Morgan fingerprint density at radius 3 is 2.54 bits per heavy atom. The molecule has 4 bridgehead atoms. The number of rotatable bonds is 7. The number of hydrogen-bond donors (Lipinski definition) is 2. The molecule has 1 heterocycles. The van der Waals surface area contributed by atoms with Crippen molar-refractivity contribution < 1.29 is 14.3 Å². The van der Waals surface area contributed by atoms with E-state index >= 15 is 0 Å². The molecule has 1 aliphatic heterocycles. The monoisotopic (exact) mass is 476 g/mol. The van der Waals surface area contributed by atoms with Crippen molar-refractivity contribution in [2.24, 2.45) is 28.9 Å². The molecule has 0 radical (unpaired) electrons. The van der Waals surface area contributed by atoms with E-state index in [1.165, 1.54) is 0 Å². The number of likely N-dealkylation sites (tertiary alicyclic amines) is 1. The van der Waals surface area contributed by atoms with Crippen molar-refractivity contribution in [1.29, 1.82) is 5.26 Å². The van der Waals surface area contributed by atoms with Crippen molar-refractivity contribution in [3.05, 3.63) is 35.9 Å². The lowest BCUT2D eigenvalue weighted by Crippen LogP contribution is -2.66. The van der Waals surface area contributed by atoms with Gasteiger partial charge < -0.3 is 20.7 Å². The van der Waals surface area contributed by atoms with Crippen LogP contribution in [0.15, 0.2) is 30.3 Å². The average Bonchev–Trinajstić information content (AvgIpc) is 3.50. The first kappa shape index (κ1) is 23.0. The van der Waals surface area contributed by atoms with Gasteiger partial charge in [-0.25, -0.2) is 0 Å². The molecule has 5 aliphatic carbocycles. The molecule has 5 unspecified atom stereocenters. The van der Waals surface area contributed by atoms with Crippen molar-refractivity contribution in [3.63, 3.8) is 0 Å².